The predicted octanol–water partition coefficient (Wildman–Crippen LogP) is 4.94. The Balaban J connectivity index is 1.28. The monoisotopic (exact) mass is 457 g/mol. The molecule has 0 atom stereocenters. The van der Waals surface area contributed by atoms with E-state index in [1.54, 1.807) is 4.68 Å². The van der Waals surface area contributed by atoms with Crippen molar-refractivity contribution < 1.29 is 18.4 Å². The van der Waals surface area contributed by atoms with Crippen LogP contribution in [0.1, 0.15) is 27.4 Å². The van der Waals surface area contributed by atoms with Crippen LogP contribution in [0, 0.1) is 20.8 Å². The lowest BCUT2D eigenvalue weighted by molar-refractivity contribution is 0.102. The van der Waals surface area contributed by atoms with E-state index >= 15 is 0 Å². The molecule has 0 aliphatic carbocycles. The van der Waals surface area contributed by atoms with E-state index in [1.165, 1.54) is 6.39 Å². The van der Waals surface area contributed by atoms with Crippen LogP contribution >= 0.6 is 0 Å². The normalized spacial score (nSPS) is 11.1. The lowest BCUT2D eigenvalue weighted by Gasteiger charge is -2.07. The van der Waals surface area contributed by atoms with Crippen LogP contribution in [0.3, 0.4) is 0 Å². The van der Waals surface area contributed by atoms with Gasteiger partial charge in [-0.3, -0.25) is 9.48 Å². The van der Waals surface area contributed by atoms with Gasteiger partial charge in [0.25, 0.3) is 5.91 Å². The number of rotatable bonds is 7. The van der Waals surface area contributed by atoms with Gasteiger partial charge in [-0.1, -0.05) is 35.9 Å². The molecule has 0 saturated carbocycles. The van der Waals surface area contributed by atoms with Crippen molar-refractivity contribution in [2.45, 2.75) is 27.3 Å². The Bertz CT molecular complexity index is 1450. The molecule has 3 heterocycles. The first-order valence-electron chi connectivity index (χ1n) is 10.8. The number of anilines is 1. The summed E-state index contributed by atoms with van der Waals surface area (Å²) in [5.41, 5.74) is 5.61. The van der Waals surface area contributed by atoms with Crippen LogP contribution < -0.4 is 10.1 Å². The molecule has 3 aromatic heterocycles. The molecule has 0 fully saturated rings. The number of aryl methyl sites for hydroxylation is 2. The molecule has 34 heavy (non-hydrogen) atoms. The minimum Gasteiger partial charge on any atom is -0.448 e. The van der Waals surface area contributed by atoms with Crippen molar-refractivity contribution in [3.05, 3.63) is 77.6 Å². The molecule has 0 unspecified atom stereocenters. The molecular weight excluding hydrogens is 434 g/mol. The fraction of sp³-hybridized carbons (Fsp3) is 0.200. The van der Waals surface area contributed by atoms with Gasteiger partial charge in [-0.15, -0.1) is 0 Å². The molecule has 5 rings (SSSR count). The standard InChI is InChI=1S/C25H23N5O4/c1-15-7-6-8-18(13-15)23-22(26-14-33-23)24(31)28-21-16(2)29-30(17(21)3)11-12-32-25-27-19-9-4-5-10-20(19)34-25/h4-10,13-14H,11-12H2,1-3H3,(H,28,31). The van der Waals surface area contributed by atoms with Crippen LogP contribution in [-0.4, -0.2) is 32.3 Å². The summed E-state index contributed by atoms with van der Waals surface area (Å²) in [5.74, 6) is 0.0642. The second-order valence-electron chi connectivity index (χ2n) is 7.92. The van der Waals surface area contributed by atoms with Crippen LogP contribution in [0.4, 0.5) is 5.69 Å². The second-order valence-corrected chi connectivity index (χ2v) is 7.92. The molecule has 0 saturated heterocycles. The topological polar surface area (TPSA) is 108 Å². The molecule has 0 radical (unpaired) electrons. The van der Waals surface area contributed by atoms with Crippen molar-refractivity contribution in [2.24, 2.45) is 0 Å². The molecule has 0 aliphatic rings. The van der Waals surface area contributed by atoms with Crippen LogP contribution in [-0.2, 0) is 6.54 Å². The van der Waals surface area contributed by atoms with Crippen molar-refractivity contribution in [3.8, 4) is 17.4 Å². The van der Waals surface area contributed by atoms with E-state index in [9.17, 15) is 4.79 Å². The first-order valence-corrected chi connectivity index (χ1v) is 10.8. The maximum atomic E-state index is 13.0. The molecule has 0 aliphatic heterocycles. The number of fused-ring (bicyclic) bond motifs is 1. The summed E-state index contributed by atoms with van der Waals surface area (Å²) in [6.45, 7) is 6.47. The summed E-state index contributed by atoms with van der Waals surface area (Å²) in [4.78, 5) is 21.5. The Morgan fingerprint density at radius 3 is 2.79 bits per heavy atom. The predicted molar refractivity (Wildman–Crippen MR) is 126 cm³/mol. The third kappa shape index (κ3) is 4.15. The van der Waals surface area contributed by atoms with E-state index in [0.717, 1.165) is 22.3 Å². The number of para-hydroxylation sites is 2. The highest BCUT2D eigenvalue weighted by Crippen LogP contribution is 2.26. The van der Waals surface area contributed by atoms with Crippen LogP contribution in [0.5, 0.6) is 6.08 Å². The van der Waals surface area contributed by atoms with E-state index in [2.05, 4.69) is 20.4 Å². The fourth-order valence-electron chi connectivity index (χ4n) is 3.80. The Morgan fingerprint density at radius 2 is 1.97 bits per heavy atom. The van der Waals surface area contributed by atoms with Gasteiger partial charge in [0.05, 0.1) is 23.6 Å². The highest BCUT2D eigenvalue weighted by Gasteiger charge is 2.21. The lowest BCUT2D eigenvalue weighted by Crippen LogP contribution is -2.15. The number of ether oxygens (including phenoxy) is 1. The van der Waals surface area contributed by atoms with E-state index in [0.29, 0.717) is 35.9 Å². The minimum absolute atomic E-state index is 0.214. The molecule has 1 N–H and O–H groups in total. The number of nitrogens with zero attached hydrogens (tertiary/aromatic N) is 4. The summed E-state index contributed by atoms with van der Waals surface area (Å²) >= 11 is 0. The Hall–Kier alpha value is -4.40. The maximum Gasteiger partial charge on any atom is 0.394 e. The lowest BCUT2D eigenvalue weighted by atomic mass is 10.1. The van der Waals surface area contributed by atoms with Gasteiger partial charge in [0.1, 0.15) is 12.1 Å². The van der Waals surface area contributed by atoms with E-state index in [4.69, 9.17) is 13.6 Å². The van der Waals surface area contributed by atoms with Gasteiger partial charge in [-0.2, -0.15) is 10.1 Å². The second kappa shape index (κ2) is 8.86. The van der Waals surface area contributed by atoms with E-state index in [-0.39, 0.29) is 17.7 Å². The van der Waals surface area contributed by atoms with Gasteiger partial charge in [0.2, 0.25) is 0 Å². The maximum absolute atomic E-state index is 13.0. The number of benzene rings is 2. The van der Waals surface area contributed by atoms with Crippen molar-refractivity contribution in [1.29, 1.82) is 0 Å². The smallest absolute Gasteiger partial charge is 0.394 e. The molecule has 5 aromatic rings. The zero-order valence-electron chi connectivity index (χ0n) is 19.0. The first-order chi connectivity index (χ1) is 16.5. The molecule has 172 valence electrons. The summed E-state index contributed by atoms with van der Waals surface area (Å²) in [6.07, 6.45) is 1.49. The van der Waals surface area contributed by atoms with Gasteiger partial charge in [0.15, 0.2) is 23.4 Å². The molecule has 1 amide bonds. The average Bonchev–Trinajstić information content (AvgIpc) is 3.53. The molecule has 2 aromatic carbocycles. The van der Waals surface area contributed by atoms with E-state index < -0.39 is 0 Å². The highest BCUT2D eigenvalue weighted by molar-refractivity contribution is 6.06. The number of amides is 1. The van der Waals surface area contributed by atoms with Crippen molar-refractivity contribution in [3.63, 3.8) is 0 Å². The minimum atomic E-state index is -0.362. The summed E-state index contributed by atoms with van der Waals surface area (Å²) in [5, 5.41) is 7.47. The number of hydrogen-bond donors (Lipinski definition) is 1. The number of aromatic nitrogens is 4. The van der Waals surface area contributed by atoms with Crippen molar-refractivity contribution in [1.82, 2.24) is 19.7 Å². The zero-order chi connectivity index (χ0) is 23.7. The molecular formula is C25H23N5O4. The van der Waals surface area contributed by atoms with Gasteiger partial charge < -0.3 is 18.9 Å². The first kappa shape index (κ1) is 21.4. The molecule has 9 nitrogen and oxygen atoms in total. The average molecular weight is 457 g/mol. The van der Waals surface area contributed by atoms with Gasteiger partial charge in [0, 0.05) is 5.56 Å². The number of hydrogen-bond acceptors (Lipinski definition) is 7. The zero-order valence-corrected chi connectivity index (χ0v) is 19.0. The third-order valence-electron chi connectivity index (χ3n) is 5.49. The number of carbonyl (C=O) groups excluding carboxylic acids is 1. The van der Waals surface area contributed by atoms with Crippen LogP contribution in [0.2, 0.25) is 0 Å². The number of carbonyl (C=O) groups is 1. The Morgan fingerprint density at radius 1 is 1.12 bits per heavy atom. The number of nitrogens with one attached hydrogen (secondary N) is 1. The van der Waals surface area contributed by atoms with Gasteiger partial charge in [-0.25, -0.2) is 4.98 Å². The SMILES string of the molecule is Cc1cccc(-c2ocnc2C(=O)Nc2c(C)nn(CCOc3nc4ccccc4o3)c2C)c1. The van der Waals surface area contributed by atoms with Crippen LogP contribution in [0.15, 0.2) is 63.8 Å². The Labute approximate surface area is 195 Å². The number of oxazole rings is 2. The van der Waals surface area contributed by atoms with Crippen molar-refractivity contribution in [2.75, 3.05) is 11.9 Å². The highest BCUT2D eigenvalue weighted by atomic mass is 16.6. The third-order valence-corrected chi connectivity index (χ3v) is 5.49. The molecule has 0 bridgehead atoms. The summed E-state index contributed by atoms with van der Waals surface area (Å²) < 4.78 is 18.5. The van der Waals surface area contributed by atoms with Gasteiger partial charge in [-0.05, 0) is 39.0 Å². The van der Waals surface area contributed by atoms with Gasteiger partial charge >= 0.3 is 6.08 Å². The summed E-state index contributed by atoms with van der Waals surface area (Å²) in [6, 6.07) is 15.2. The summed E-state index contributed by atoms with van der Waals surface area (Å²) in [7, 11) is 0. The van der Waals surface area contributed by atoms with E-state index in [1.807, 2.05) is 69.3 Å². The Kier molecular flexibility index (Phi) is 5.59. The molecule has 0 spiro atoms. The van der Waals surface area contributed by atoms with Crippen LogP contribution in [0.25, 0.3) is 22.4 Å². The molecule has 9 heteroatoms. The largest absolute Gasteiger partial charge is 0.448 e. The quantitative estimate of drug-likeness (QED) is 0.369. The fourth-order valence-corrected chi connectivity index (χ4v) is 3.80. The van der Waals surface area contributed by atoms with Crippen molar-refractivity contribution >= 4 is 22.7 Å².